The molecular formula is C32H18N6O. The van der Waals surface area contributed by atoms with Crippen molar-refractivity contribution < 1.29 is 4.42 Å². The Morgan fingerprint density at radius 2 is 1.03 bits per heavy atom. The van der Waals surface area contributed by atoms with Crippen LogP contribution in [0.3, 0.4) is 0 Å². The minimum atomic E-state index is 0.840. The van der Waals surface area contributed by atoms with Crippen LogP contribution in [0.2, 0.25) is 0 Å². The summed E-state index contributed by atoms with van der Waals surface area (Å²) < 4.78 is 11.1. The molecule has 0 amide bonds. The van der Waals surface area contributed by atoms with Gasteiger partial charge in [0.1, 0.15) is 5.58 Å². The molecule has 182 valence electrons. The summed E-state index contributed by atoms with van der Waals surface area (Å²) in [6.45, 7) is 0. The van der Waals surface area contributed by atoms with Crippen LogP contribution in [0.4, 0.5) is 0 Å². The molecule has 0 N–H and O–H groups in total. The zero-order chi connectivity index (χ0) is 25.5. The van der Waals surface area contributed by atoms with Crippen molar-refractivity contribution in [2.75, 3.05) is 0 Å². The molecule has 0 saturated heterocycles. The van der Waals surface area contributed by atoms with Crippen LogP contribution in [-0.4, -0.2) is 29.1 Å². The molecule has 39 heavy (non-hydrogen) atoms. The van der Waals surface area contributed by atoms with Crippen LogP contribution in [0.25, 0.3) is 76.9 Å². The predicted octanol–water partition coefficient (Wildman–Crippen LogP) is 7.36. The lowest BCUT2D eigenvalue weighted by Crippen LogP contribution is -1.94. The van der Waals surface area contributed by atoms with Crippen molar-refractivity contribution in [1.82, 2.24) is 29.1 Å². The van der Waals surface area contributed by atoms with Crippen molar-refractivity contribution in [3.05, 3.63) is 110 Å². The number of nitrogens with zero attached hydrogens (tertiary/aromatic N) is 6. The highest BCUT2D eigenvalue weighted by Crippen LogP contribution is 2.39. The van der Waals surface area contributed by atoms with E-state index in [9.17, 15) is 0 Å². The quantitative estimate of drug-likeness (QED) is 0.247. The van der Waals surface area contributed by atoms with Gasteiger partial charge < -0.3 is 13.6 Å². The Kier molecular flexibility index (Phi) is 3.93. The fourth-order valence-corrected chi connectivity index (χ4v) is 6.04. The number of furan rings is 1. The first kappa shape index (κ1) is 20.5. The SMILES string of the molecule is c1cc(-n2c3ccncc3c3cnccc32)c2oc3ccc(-n4c5ccncc5c5cnccc54)cc3c2c1. The topological polar surface area (TPSA) is 74.6 Å². The summed E-state index contributed by atoms with van der Waals surface area (Å²) in [5.74, 6) is 0. The third kappa shape index (κ3) is 2.70. The number of aromatic nitrogens is 6. The Balaban J connectivity index is 1.34. The Labute approximate surface area is 220 Å². The van der Waals surface area contributed by atoms with Gasteiger partial charge >= 0.3 is 0 Å². The van der Waals surface area contributed by atoms with Crippen molar-refractivity contribution >= 4 is 65.6 Å². The van der Waals surface area contributed by atoms with E-state index in [0.717, 1.165) is 76.9 Å². The first-order valence-corrected chi connectivity index (χ1v) is 12.7. The van der Waals surface area contributed by atoms with Gasteiger partial charge in [-0.05, 0) is 48.5 Å². The van der Waals surface area contributed by atoms with Gasteiger partial charge in [-0.15, -0.1) is 0 Å². The number of pyridine rings is 4. The van der Waals surface area contributed by atoms with Gasteiger partial charge in [-0.2, -0.15) is 0 Å². The molecule has 7 heteroatoms. The van der Waals surface area contributed by atoms with E-state index in [4.69, 9.17) is 4.42 Å². The molecule has 7 aromatic heterocycles. The van der Waals surface area contributed by atoms with E-state index in [1.165, 1.54) is 0 Å². The summed E-state index contributed by atoms with van der Waals surface area (Å²) in [4.78, 5) is 17.5. The fraction of sp³-hybridized carbons (Fsp3) is 0. The van der Waals surface area contributed by atoms with Gasteiger partial charge in [-0.25, -0.2) is 0 Å². The van der Waals surface area contributed by atoms with Gasteiger partial charge in [-0.3, -0.25) is 19.9 Å². The van der Waals surface area contributed by atoms with Crippen LogP contribution in [0.1, 0.15) is 0 Å². The molecule has 0 unspecified atom stereocenters. The van der Waals surface area contributed by atoms with Crippen LogP contribution in [0, 0.1) is 0 Å². The summed E-state index contributed by atoms with van der Waals surface area (Å²) in [5, 5.41) is 6.40. The minimum absolute atomic E-state index is 0.840. The van der Waals surface area contributed by atoms with E-state index in [-0.39, 0.29) is 0 Å². The van der Waals surface area contributed by atoms with Gasteiger partial charge in [-0.1, -0.05) is 12.1 Å². The van der Waals surface area contributed by atoms with E-state index < -0.39 is 0 Å². The molecule has 2 aromatic carbocycles. The van der Waals surface area contributed by atoms with Crippen molar-refractivity contribution in [2.24, 2.45) is 0 Å². The standard InChI is InChI=1S/C32H18N6O/c1-2-20-21-14-19(37-26-6-10-33-15-22(26)23-16-34-11-7-27(23)37)4-5-31(21)39-32(20)30(3-1)38-28-8-12-35-17-24(28)25-18-36-13-9-29(25)38/h1-18H. The lowest BCUT2D eigenvalue weighted by atomic mass is 10.1. The largest absolute Gasteiger partial charge is 0.454 e. The second kappa shape index (κ2) is 7.49. The van der Waals surface area contributed by atoms with Crippen molar-refractivity contribution in [2.45, 2.75) is 0 Å². The molecule has 0 spiro atoms. The molecule has 0 fully saturated rings. The normalized spacial score (nSPS) is 12.1. The highest BCUT2D eigenvalue weighted by molar-refractivity contribution is 6.13. The van der Waals surface area contributed by atoms with Crippen molar-refractivity contribution in [3.63, 3.8) is 0 Å². The molecule has 0 aliphatic carbocycles. The average molecular weight is 503 g/mol. The molecule has 7 heterocycles. The maximum atomic E-state index is 6.57. The molecule has 0 bridgehead atoms. The smallest absolute Gasteiger partial charge is 0.159 e. The van der Waals surface area contributed by atoms with Gasteiger partial charge in [0.2, 0.25) is 0 Å². The lowest BCUT2D eigenvalue weighted by molar-refractivity contribution is 0.666. The number of fused-ring (bicyclic) bond motifs is 9. The van der Waals surface area contributed by atoms with E-state index in [2.05, 4.69) is 77.6 Å². The van der Waals surface area contributed by atoms with E-state index >= 15 is 0 Å². The van der Waals surface area contributed by atoms with Crippen molar-refractivity contribution in [3.8, 4) is 11.4 Å². The Hall–Kier alpha value is -5.56. The van der Waals surface area contributed by atoms with E-state index in [1.807, 2.05) is 61.7 Å². The predicted molar refractivity (Wildman–Crippen MR) is 154 cm³/mol. The number of para-hydroxylation sites is 1. The first-order chi connectivity index (χ1) is 19.4. The maximum absolute atomic E-state index is 6.57. The average Bonchev–Trinajstić information content (AvgIpc) is 3.65. The van der Waals surface area contributed by atoms with Crippen molar-refractivity contribution in [1.29, 1.82) is 0 Å². The van der Waals surface area contributed by atoms with Crippen LogP contribution in [-0.2, 0) is 0 Å². The monoisotopic (exact) mass is 502 g/mol. The first-order valence-electron chi connectivity index (χ1n) is 12.7. The Morgan fingerprint density at radius 1 is 0.487 bits per heavy atom. The zero-order valence-electron chi connectivity index (χ0n) is 20.5. The van der Waals surface area contributed by atoms with Crippen LogP contribution < -0.4 is 0 Å². The summed E-state index contributed by atoms with van der Waals surface area (Å²) in [6.07, 6.45) is 14.9. The van der Waals surface area contributed by atoms with Gasteiger partial charge in [0, 0.05) is 87.6 Å². The molecule has 0 aliphatic rings. The highest BCUT2D eigenvalue weighted by Gasteiger charge is 2.19. The molecule has 0 aliphatic heterocycles. The van der Waals surface area contributed by atoms with Gasteiger partial charge in [0.25, 0.3) is 0 Å². The fourth-order valence-electron chi connectivity index (χ4n) is 6.04. The zero-order valence-corrected chi connectivity index (χ0v) is 20.5. The lowest BCUT2D eigenvalue weighted by Gasteiger charge is -2.08. The molecule has 0 radical (unpaired) electrons. The molecule has 9 aromatic rings. The van der Waals surface area contributed by atoms with Crippen LogP contribution in [0.5, 0.6) is 0 Å². The number of rotatable bonds is 2. The molecule has 0 atom stereocenters. The van der Waals surface area contributed by atoms with E-state index in [1.54, 1.807) is 0 Å². The summed E-state index contributed by atoms with van der Waals surface area (Å²) >= 11 is 0. The van der Waals surface area contributed by atoms with Crippen LogP contribution in [0.15, 0.2) is 115 Å². The highest BCUT2D eigenvalue weighted by atomic mass is 16.3. The third-order valence-corrected chi connectivity index (χ3v) is 7.69. The van der Waals surface area contributed by atoms with Gasteiger partial charge in [0.15, 0.2) is 5.58 Å². The molecule has 9 rings (SSSR count). The molecule has 0 saturated carbocycles. The Morgan fingerprint density at radius 3 is 1.59 bits per heavy atom. The second-order valence-electron chi connectivity index (χ2n) is 9.68. The minimum Gasteiger partial charge on any atom is -0.454 e. The molecule has 7 nitrogen and oxygen atoms in total. The number of benzene rings is 2. The maximum Gasteiger partial charge on any atom is 0.159 e. The second-order valence-corrected chi connectivity index (χ2v) is 9.68. The number of hydrogen-bond donors (Lipinski definition) is 0. The third-order valence-electron chi connectivity index (χ3n) is 7.69. The van der Waals surface area contributed by atoms with E-state index in [0.29, 0.717) is 0 Å². The summed E-state index contributed by atoms with van der Waals surface area (Å²) in [7, 11) is 0. The summed E-state index contributed by atoms with van der Waals surface area (Å²) in [5.41, 5.74) is 8.03. The number of hydrogen-bond acceptors (Lipinski definition) is 5. The Bertz CT molecular complexity index is 2310. The van der Waals surface area contributed by atoms with Crippen LogP contribution >= 0.6 is 0 Å². The molecular weight excluding hydrogens is 484 g/mol. The summed E-state index contributed by atoms with van der Waals surface area (Å²) in [6, 6.07) is 20.9. The van der Waals surface area contributed by atoms with Gasteiger partial charge in [0.05, 0.1) is 27.8 Å².